The Morgan fingerprint density at radius 1 is 1.14 bits per heavy atom. The zero-order valence-electron chi connectivity index (χ0n) is 8.03. The van der Waals surface area contributed by atoms with Gasteiger partial charge < -0.3 is 0 Å². The van der Waals surface area contributed by atoms with Crippen molar-refractivity contribution in [2.75, 3.05) is 0 Å². The number of aromatic nitrogens is 3. The van der Waals surface area contributed by atoms with E-state index in [-0.39, 0.29) is 0 Å². The molecule has 1 aromatic heterocycles. The highest BCUT2D eigenvalue weighted by Crippen LogP contribution is 2.14. The predicted molar refractivity (Wildman–Crippen MR) is 55.8 cm³/mol. The maximum Gasteiger partial charge on any atom is 0.0830 e. The second-order valence-electron chi connectivity index (χ2n) is 3.15. The summed E-state index contributed by atoms with van der Waals surface area (Å²) in [5.74, 6) is 0. The second kappa shape index (κ2) is 3.42. The van der Waals surface area contributed by atoms with E-state index >= 15 is 0 Å². The Morgan fingerprint density at radius 2 is 1.79 bits per heavy atom. The van der Waals surface area contributed by atoms with Crippen LogP contribution in [0.3, 0.4) is 0 Å². The number of halogens is 1. The average Bonchev–Trinajstić information content (AvgIpc) is 2.50. The molecular formula is C10H10ClN3. The first-order valence-electron chi connectivity index (χ1n) is 4.33. The summed E-state index contributed by atoms with van der Waals surface area (Å²) in [6.45, 7) is 3.93. The van der Waals surface area contributed by atoms with Crippen molar-refractivity contribution in [1.29, 1.82) is 0 Å². The Hall–Kier alpha value is -1.35. The zero-order valence-corrected chi connectivity index (χ0v) is 8.78. The van der Waals surface area contributed by atoms with Crippen molar-refractivity contribution in [1.82, 2.24) is 15.0 Å². The van der Waals surface area contributed by atoms with Crippen molar-refractivity contribution in [3.8, 4) is 5.69 Å². The third-order valence-electron chi connectivity index (χ3n) is 2.20. The van der Waals surface area contributed by atoms with Gasteiger partial charge in [-0.15, -0.1) is 5.10 Å². The van der Waals surface area contributed by atoms with Gasteiger partial charge in [-0.3, -0.25) is 0 Å². The molecule has 0 aliphatic carbocycles. The van der Waals surface area contributed by atoms with Gasteiger partial charge in [0, 0.05) is 5.02 Å². The normalized spacial score (nSPS) is 10.5. The molecule has 1 aromatic carbocycles. The van der Waals surface area contributed by atoms with Crippen molar-refractivity contribution in [3.05, 3.63) is 40.7 Å². The number of hydrogen-bond donors (Lipinski definition) is 0. The molecule has 0 aliphatic rings. The summed E-state index contributed by atoms with van der Waals surface area (Å²) in [7, 11) is 0. The molecule has 0 amide bonds. The van der Waals surface area contributed by atoms with Crippen LogP contribution in [0, 0.1) is 13.8 Å². The van der Waals surface area contributed by atoms with Gasteiger partial charge in [-0.25, -0.2) is 4.68 Å². The molecule has 3 nitrogen and oxygen atoms in total. The summed E-state index contributed by atoms with van der Waals surface area (Å²) in [5.41, 5.74) is 2.97. The Labute approximate surface area is 87.3 Å². The predicted octanol–water partition coefficient (Wildman–Crippen LogP) is 2.54. The van der Waals surface area contributed by atoms with E-state index in [2.05, 4.69) is 10.3 Å². The smallest absolute Gasteiger partial charge is 0.0830 e. The number of nitrogens with zero attached hydrogens (tertiary/aromatic N) is 3. The number of rotatable bonds is 1. The van der Waals surface area contributed by atoms with E-state index in [0.717, 1.165) is 22.1 Å². The first kappa shape index (κ1) is 9.21. The number of aryl methyl sites for hydroxylation is 1. The summed E-state index contributed by atoms with van der Waals surface area (Å²) in [5, 5.41) is 8.76. The van der Waals surface area contributed by atoms with Crippen LogP contribution < -0.4 is 0 Å². The molecule has 1 heterocycles. The highest BCUT2D eigenvalue weighted by Gasteiger charge is 2.05. The summed E-state index contributed by atoms with van der Waals surface area (Å²) >= 11 is 5.80. The Balaban J connectivity index is 2.49. The van der Waals surface area contributed by atoms with Crippen LogP contribution in [-0.2, 0) is 0 Å². The molecule has 14 heavy (non-hydrogen) atoms. The standard InChI is InChI=1S/C10H10ClN3/c1-7-8(2)14(13-12-7)10-5-3-9(11)4-6-10/h3-6H,1-2H3. The van der Waals surface area contributed by atoms with Gasteiger partial charge in [0.2, 0.25) is 0 Å². The van der Waals surface area contributed by atoms with E-state index in [1.807, 2.05) is 38.1 Å². The van der Waals surface area contributed by atoms with Gasteiger partial charge in [0.25, 0.3) is 0 Å². The van der Waals surface area contributed by atoms with Gasteiger partial charge in [-0.1, -0.05) is 16.8 Å². The van der Waals surface area contributed by atoms with Crippen molar-refractivity contribution >= 4 is 11.6 Å². The minimum Gasteiger partial charge on any atom is -0.218 e. The minimum atomic E-state index is 0.725. The van der Waals surface area contributed by atoms with Crippen LogP contribution in [0.25, 0.3) is 5.69 Å². The van der Waals surface area contributed by atoms with E-state index in [9.17, 15) is 0 Å². The van der Waals surface area contributed by atoms with Crippen LogP contribution in [0.2, 0.25) is 5.02 Å². The van der Waals surface area contributed by atoms with Crippen LogP contribution in [0.5, 0.6) is 0 Å². The van der Waals surface area contributed by atoms with Crippen molar-refractivity contribution in [2.45, 2.75) is 13.8 Å². The number of benzene rings is 1. The summed E-state index contributed by atoms with van der Waals surface area (Å²) in [6, 6.07) is 7.52. The molecule has 0 atom stereocenters. The lowest BCUT2D eigenvalue weighted by atomic mass is 10.3. The van der Waals surface area contributed by atoms with Crippen LogP contribution in [0.4, 0.5) is 0 Å². The van der Waals surface area contributed by atoms with E-state index in [4.69, 9.17) is 11.6 Å². The second-order valence-corrected chi connectivity index (χ2v) is 3.58. The topological polar surface area (TPSA) is 30.7 Å². The van der Waals surface area contributed by atoms with E-state index in [0.29, 0.717) is 0 Å². The fraction of sp³-hybridized carbons (Fsp3) is 0.200. The first-order chi connectivity index (χ1) is 6.68. The molecule has 0 spiro atoms. The van der Waals surface area contributed by atoms with Gasteiger partial charge in [-0.05, 0) is 38.1 Å². The minimum absolute atomic E-state index is 0.725. The molecule has 4 heteroatoms. The molecule has 0 aliphatic heterocycles. The van der Waals surface area contributed by atoms with Gasteiger partial charge in [0.1, 0.15) is 0 Å². The lowest BCUT2D eigenvalue weighted by Gasteiger charge is -2.02. The average molecular weight is 208 g/mol. The zero-order chi connectivity index (χ0) is 10.1. The van der Waals surface area contributed by atoms with Gasteiger partial charge >= 0.3 is 0 Å². The first-order valence-corrected chi connectivity index (χ1v) is 4.71. The molecule has 0 radical (unpaired) electrons. The highest BCUT2D eigenvalue weighted by atomic mass is 35.5. The lowest BCUT2D eigenvalue weighted by Crippen LogP contribution is -1.98. The van der Waals surface area contributed by atoms with Gasteiger partial charge in [0.15, 0.2) is 0 Å². The summed E-state index contributed by atoms with van der Waals surface area (Å²) in [4.78, 5) is 0. The van der Waals surface area contributed by atoms with Crippen molar-refractivity contribution < 1.29 is 0 Å². The van der Waals surface area contributed by atoms with Crippen LogP contribution in [0.15, 0.2) is 24.3 Å². The molecule has 0 unspecified atom stereocenters. The fourth-order valence-electron chi connectivity index (χ4n) is 1.23. The molecule has 2 rings (SSSR count). The molecule has 0 saturated heterocycles. The monoisotopic (exact) mass is 207 g/mol. The quantitative estimate of drug-likeness (QED) is 0.720. The Kier molecular flexibility index (Phi) is 2.25. The van der Waals surface area contributed by atoms with Crippen molar-refractivity contribution in [3.63, 3.8) is 0 Å². The third-order valence-corrected chi connectivity index (χ3v) is 2.45. The molecule has 0 bridgehead atoms. The van der Waals surface area contributed by atoms with Gasteiger partial charge in [-0.2, -0.15) is 0 Å². The molecule has 0 saturated carbocycles. The van der Waals surface area contributed by atoms with E-state index in [1.165, 1.54) is 0 Å². The van der Waals surface area contributed by atoms with E-state index < -0.39 is 0 Å². The SMILES string of the molecule is Cc1nnn(-c2ccc(Cl)cc2)c1C. The highest BCUT2D eigenvalue weighted by molar-refractivity contribution is 6.30. The largest absolute Gasteiger partial charge is 0.218 e. The Morgan fingerprint density at radius 3 is 2.29 bits per heavy atom. The summed E-state index contributed by atoms with van der Waals surface area (Å²) in [6.07, 6.45) is 0. The summed E-state index contributed by atoms with van der Waals surface area (Å²) < 4.78 is 1.80. The maximum absolute atomic E-state index is 5.80. The van der Waals surface area contributed by atoms with Crippen LogP contribution >= 0.6 is 11.6 Å². The number of hydrogen-bond acceptors (Lipinski definition) is 2. The lowest BCUT2D eigenvalue weighted by molar-refractivity contribution is 0.784. The molecule has 0 fully saturated rings. The fourth-order valence-corrected chi connectivity index (χ4v) is 1.36. The Bertz CT molecular complexity index is 445. The molecular weight excluding hydrogens is 198 g/mol. The third kappa shape index (κ3) is 1.51. The molecule has 72 valence electrons. The van der Waals surface area contributed by atoms with E-state index in [1.54, 1.807) is 4.68 Å². The molecule has 0 N–H and O–H groups in total. The van der Waals surface area contributed by atoms with Crippen LogP contribution in [0.1, 0.15) is 11.4 Å². The molecule has 2 aromatic rings. The maximum atomic E-state index is 5.80. The van der Waals surface area contributed by atoms with Crippen LogP contribution in [-0.4, -0.2) is 15.0 Å². The van der Waals surface area contributed by atoms with Crippen molar-refractivity contribution in [2.24, 2.45) is 0 Å². The van der Waals surface area contributed by atoms with Gasteiger partial charge in [0.05, 0.1) is 17.1 Å².